The number of hydrogen-bond acceptors (Lipinski definition) is 6. The highest BCUT2D eigenvalue weighted by atomic mass is 16.5. The molecule has 0 N–H and O–H groups in total. The van der Waals surface area contributed by atoms with Gasteiger partial charge >= 0.3 is 0 Å². The number of allylic oxidation sites excluding steroid dienone is 1. The van der Waals surface area contributed by atoms with Crippen LogP contribution in [0.4, 0.5) is 0 Å². The zero-order valence-corrected chi connectivity index (χ0v) is 18.4. The van der Waals surface area contributed by atoms with Crippen LogP contribution in [0.25, 0.3) is 6.08 Å². The minimum Gasteiger partial charge on any atom is -0.497 e. The van der Waals surface area contributed by atoms with Gasteiger partial charge in [-0.05, 0) is 43.3 Å². The van der Waals surface area contributed by atoms with Crippen LogP contribution < -0.4 is 23.7 Å². The SMILES string of the molecule is COc1ccc(/C=C2\Oc3c(ccc(OCc4ccccc4OC)c3C)C2=O)c(OC)c1. The molecule has 6 nitrogen and oxygen atoms in total. The van der Waals surface area contributed by atoms with Crippen molar-refractivity contribution in [3.63, 3.8) is 0 Å². The van der Waals surface area contributed by atoms with Gasteiger partial charge in [-0.15, -0.1) is 0 Å². The summed E-state index contributed by atoms with van der Waals surface area (Å²) in [5.41, 5.74) is 2.91. The van der Waals surface area contributed by atoms with Crippen molar-refractivity contribution in [2.45, 2.75) is 13.5 Å². The van der Waals surface area contributed by atoms with Gasteiger partial charge in [0.05, 0.1) is 26.9 Å². The molecule has 0 radical (unpaired) electrons. The molecule has 0 fully saturated rings. The lowest BCUT2D eigenvalue weighted by molar-refractivity contribution is 0.101. The molecule has 3 aromatic carbocycles. The predicted octanol–water partition coefficient (Wildman–Crippen LogP) is 5.22. The Labute approximate surface area is 186 Å². The van der Waals surface area contributed by atoms with Gasteiger partial charge in [0.25, 0.3) is 0 Å². The van der Waals surface area contributed by atoms with Gasteiger partial charge < -0.3 is 23.7 Å². The molecule has 6 heteroatoms. The number of ether oxygens (including phenoxy) is 5. The maximum atomic E-state index is 12.9. The van der Waals surface area contributed by atoms with Crippen molar-refractivity contribution in [3.8, 4) is 28.7 Å². The molecular weight excluding hydrogens is 408 g/mol. The Morgan fingerprint density at radius 1 is 0.875 bits per heavy atom. The molecule has 0 atom stereocenters. The van der Waals surface area contributed by atoms with Crippen molar-refractivity contribution >= 4 is 11.9 Å². The van der Waals surface area contributed by atoms with E-state index < -0.39 is 0 Å². The van der Waals surface area contributed by atoms with Crippen LogP contribution in [0.1, 0.15) is 27.0 Å². The van der Waals surface area contributed by atoms with Crippen molar-refractivity contribution in [2.24, 2.45) is 0 Å². The maximum Gasteiger partial charge on any atom is 0.231 e. The number of hydrogen-bond donors (Lipinski definition) is 0. The number of carbonyl (C=O) groups is 1. The second-order valence-corrected chi connectivity index (χ2v) is 7.21. The number of rotatable bonds is 7. The van der Waals surface area contributed by atoms with E-state index in [4.69, 9.17) is 23.7 Å². The summed E-state index contributed by atoms with van der Waals surface area (Å²) in [7, 11) is 4.78. The second kappa shape index (κ2) is 9.06. The van der Waals surface area contributed by atoms with E-state index in [9.17, 15) is 4.79 Å². The highest BCUT2D eigenvalue weighted by molar-refractivity contribution is 6.15. The van der Waals surface area contributed by atoms with Crippen LogP contribution in [0.3, 0.4) is 0 Å². The molecule has 0 saturated carbocycles. The zero-order valence-electron chi connectivity index (χ0n) is 18.4. The van der Waals surface area contributed by atoms with E-state index in [1.807, 2.05) is 37.3 Å². The van der Waals surface area contributed by atoms with Crippen LogP contribution in [0.5, 0.6) is 28.7 Å². The average molecular weight is 432 g/mol. The third-order valence-corrected chi connectivity index (χ3v) is 5.34. The fraction of sp³-hybridized carbons (Fsp3) is 0.192. The minimum atomic E-state index is -0.183. The van der Waals surface area contributed by atoms with Gasteiger partial charge in [0.2, 0.25) is 5.78 Å². The van der Waals surface area contributed by atoms with Gasteiger partial charge in [-0.3, -0.25) is 4.79 Å². The monoisotopic (exact) mass is 432 g/mol. The summed E-state index contributed by atoms with van der Waals surface area (Å²) >= 11 is 0. The number of methoxy groups -OCH3 is 3. The molecule has 32 heavy (non-hydrogen) atoms. The van der Waals surface area contributed by atoms with E-state index in [1.165, 1.54) is 0 Å². The Bertz CT molecular complexity index is 1190. The highest BCUT2D eigenvalue weighted by Crippen LogP contribution is 2.40. The van der Waals surface area contributed by atoms with Gasteiger partial charge in [0.1, 0.15) is 35.4 Å². The van der Waals surface area contributed by atoms with Crippen molar-refractivity contribution < 1.29 is 28.5 Å². The summed E-state index contributed by atoms with van der Waals surface area (Å²) in [5.74, 6) is 3.21. The number of para-hydroxylation sites is 1. The lowest BCUT2D eigenvalue weighted by Crippen LogP contribution is -2.00. The first kappa shape index (κ1) is 21.3. The van der Waals surface area contributed by atoms with E-state index in [1.54, 1.807) is 51.7 Å². The third kappa shape index (κ3) is 3.99. The summed E-state index contributed by atoms with van der Waals surface area (Å²) in [5, 5.41) is 0. The number of carbonyl (C=O) groups excluding carboxylic acids is 1. The van der Waals surface area contributed by atoms with Crippen LogP contribution in [-0.4, -0.2) is 27.1 Å². The molecule has 0 aromatic heterocycles. The Morgan fingerprint density at radius 3 is 2.41 bits per heavy atom. The molecule has 0 saturated heterocycles. The van der Waals surface area contributed by atoms with E-state index in [2.05, 4.69) is 0 Å². The highest BCUT2D eigenvalue weighted by Gasteiger charge is 2.30. The molecule has 164 valence electrons. The number of Topliss-reactive ketones (excluding diaryl/α,β-unsaturated/α-hetero) is 1. The van der Waals surface area contributed by atoms with E-state index in [0.717, 1.165) is 22.4 Å². The number of ketones is 1. The Balaban J connectivity index is 1.59. The first-order valence-corrected chi connectivity index (χ1v) is 10.1. The zero-order chi connectivity index (χ0) is 22.7. The van der Waals surface area contributed by atoms with Crippen LogP contribution in [0.2, 0.25) is 0 Å². The Hall–Kier alpha value is -3.93. The molecule has 0 bridgehead atoms. The number of fused-ring (bicyclic) bond motifs is 1. The first-order valence-electron chi connectivity index (χ1n) is 10.1. The normalized spacial score (nSPS) is 13.5. The third-order valence-electron chi connectivity index (χ3n) is 5.34. The molecule has 4 rings (SSSR count). The topological polar surface area (TPSA) is 63.2 Å². The quantitative estimate of drug-likeness (QED) is 0.477. The molecule has 0 spiro atoms. The van der Waals surface area contributed by atoms with Crippen LogP contribution >= 0.6 is 0 Å². The summed E-state index contributed by atoms with van der Waals surface area (Å²) in [6.45, 7) is 2.21. The van der Waals surface area contributed by atoms with Crippen molar-refractivity contribution in [1.29, 1.82) is 0 Å². The summed E-state index contributed by atoms with van der Waals surface area (Å²) < 4.78 is 28.0. The lowest BCUT2D eigenvalue weighted by atomic mass is 10.1. The summed E-state index contributed by atoms with van der Waals surface area (Å²) in [6, 6.07) is 16.6. The van der Waals surface area contributed by atoms with Gasteiger partial charge in [-0.2, -0.15) is 0 Å². The number of benzene rings is 3. The fourth-order valence-electron chi connectivity index (χ4n) is 3.58. The largest absolute Gasteiger partial charge is 0.497 e. The molecule has 1 aliphatic rings. The molecule has 0 amide bonds. The Morgan fingerprint density at radius 2 is 1.66 bits per heavy atom. The van der Waals surface area contributed by atoms with E-state index in [-0.39, 0.29) is 11.5 Å². The van der Waals surface area contributed by atoms with Crippen molar-refractivity contribution in [1.82, 2.24) is 0 Å². The summed E-state index contributed by atoms with van der Waals surface area (Å²) in [4.78, 5) is 12.9. The van der Waals surface area contributed by atoms with Crippen LogP contribution in [0.15, 0.2) is 60.4 Å². The Kier molecular flexibility index (Phi) is 6.03. The molecular formula is C26H24O6. The molecule has 3 aromatic rings. The maximum absolute atomic E-state index is 12.9. The predicted molar refractivity (Wildman–Crippen MR) is 121 cm³/mol. The van der Waals surface area contributed by atoms with Crippen LogP contribution in [0, 0.1) is 6.92 Å². The van der Waals surface area contributed by atoms with Crippen molar-refractivity contribution in [3.05, 3.63) is 82.6 Å². The van der Waals surface area contributed by atoms with Gasteiger partial charge in [0, 0.05) is 22.8 Å². The standard InChI is InChI=1S/C26H24O6/c1-16-21(31-15-18-7-5-6-8-22(18)29-3)12-11-20-25(27)24(32-26(16)20)13-17-9-10-19(28-2)14-23(17)30-4/h5-14H,15H2,1-4H3/b24-13-. The molecule has 0 aliphatic carbocycles. The first-order chi connectivity index (χ1) is 15.5. The lowest BCUT2D eigenvalue weighted by Gasteiger charge is -2.13. The van der Waals surface area contributed by atoms with Gasteiger partial charge in [-0.25, -0.2) is 0 Å². The van der Waals surface area contributed by atoms with Gasteiger partial charge in [-0.1, -0.05) is 18.2 Å². The fourth-order valence-corrected chi connectivity index (χ4v) is 3.58. The van der Waals surface area contributed by atoms with Crippen molar-refractivity contribution in [2.75, 3.05) is 21.3 Å². The smallest absolute Gasteiger partial charge is 0.231 e. The average Bonchev–Trinajstić information content (AvgIpc) is 3.15. The van der Waals surface area contributed by atoms with Crippen LogP contribution in [-0.2, 0) is 6.61 Å². The van der Waals surface area contributed by atoms with E-state index >= 15 is 0 Å². The minimum absolute atomic E-state index is 0.183. The van der Waals surface area contributed by atoms with Gasteiger partial charge in [0.15, 0.2) is 5.76 Å². The van der Waals surface area contributed by atoms with E-state index in [0.29, 0.717) is 35.2 Å². The molecule has 0 unspecified atom stereocenters. The molecule has 1 aliphatic heterocycles. The molecule has 1 heterocycles. The summed E-state index contributed by atoms with van der Waals surface area (Å²) in [6.07, 6.45) is 1.68. The second-order valence-electron chi connectivity index (χ2n) is 7.21.